The van der Waals surface area contributed by atoms with Crippen molar-refractivity contribution in [1.29, 1.82) is 0 Å². The van der Waals surface area contributed by atoms with Crippen LogP contribution in [-0.4, -0.2) is 9.38 Å². The minimum absolute atomic E-state index is 0.112. The van der Waals surface area contributed by atoms with E-state index in [-0.39, 0.29) is 10.7 Å². The van der Waals surface area contributed by atoms with Crippen molar-refractivity contribution < 1.29 is 13.2 Å². The Bertz CT molecular complexity index is 475. The molecule has 0 fully saturated rings. The third-order valence-corrected chi connectivity index (χ3v) is 2.02. The molecule has 0 saturated heterocycles. The number of rotatable bonds is 0. The zero-order valence-corrected chi connectivity index (χ0v) is 7.47. The summed E-state index contributed by atoms with van der Waals surface area (Å²) in [4.78, 5) is 3.39. The molecule has 0 amide bonds. The maximum Gasteiger partial charge on any atom is 0.434 e. The van der Waals surface area contributed by atoms with E-state index in [0.29, 0.717) is 0 Å². The number of pyridine rings is 1. The normalized spacial score (nSPS) is 12.3. The van der Waals surface area contributed by atoms with Gasteiger partial charge in [-0.25, -0.2) is 4.98 Å². The summed E-state index contributed by atoms with van der Waals surface area (Å²) in [6.07, 6.45) is -2.07. The predicted molar refractivity (Wildman–Crippen MR) is 45.2 cm³/mol. The molecule has 0 aliphatic rings. The molecule has 74 valence electrons. The molecule has 0 atom stereocenters. The molecular weight excluding hydrogens is 217 g/mol. The lowest BCUT2D eigenvalue weighted by Gasteiger charge is -1.98. The summed E-state index contributed by atoms with van der Waals surface area (Å²) in [7, 11) is 0. The molecule has 0 aliphatic carbocycles. The molecular formula is C8H4ClF3N2. The molecule has 0 unspecified atom stereocenters. The van der Waals surface area contributed by atoms with E-state index in [0.717, 1.165) is 6.20 Å². The molecule has 0 saturated carbocycles. The lowest BCUT2D eigenvalue weighted by molar-refractivity contribution is -0.140. The Morgan fingerprint density at radius 1 is 1.36 bits per heavy atom. The second kappa shape index (κ2) is 2.88. The molecule has 0 radical (unpaired) electrons. The van der Waals surface area contributed by atoms with Gasteiger partial charge < -0.3 is 4.40 Å². The van der Waals surface area contributed by atoms with E-state index in [1.165, 1.54) is 16.7 Å². The van der Waals surface area contributed by atoms with Gasteiger partial charge in [-0.15, -0.1) is 0 Å². The van der Waals surface area contributed by atoms with Crippen molar-refractivity contribution in [3.05, 3.63) is 35.2 Å². The summed E-state index contributed by atoms with van der Waals surface area (Å²) in [5.74, 6) is 0. The van der Waals surface area contributed by atoms with Gasteiger partial charge in [-0.1, -0.05) is 11.6 Å². The number of nitrogens with zero attached hydrogens (tertiary/aromatic N) is 2. The fraction of sp³-hybridized carbons (Fsp3) is 0.125. The molecule has 2 nitrogen and oxygen atoms in total. The molecule has 0 N–H and O–H groups in total. The van der Waals surface area contributed by atoms with Gasteiger partial charge >= 0.3 is 6.18 Å². The first-order valence-electron chi connectivity index (χ1n) is 3.69. The summed E-state index contributed by atoms with van der Waals surface area (Å²) in [5.41, 5.74) is -0.827. The third kappa shape index (κ3) is 1.43. The zero-order valence-electron chi connectivity index (χ0n) is 6.72. The standard InChI is InChI=1S/C8H4ClF3N2/c9-5-2-1-3-14-4-6(8(10,11)12)13-7(5)14/h1-4H. The van der Waals surface area contributed by atoms with Crippen LogP contribution in [0.4, 0.5) is 13.2 Å². The van der Waals surface area contributed by atoms with Crippen LogP contribution in [-0.2, 0) is 6.18 Å². The van der Waals surface area contributed by atoms with Crippen molar-refractivity contribution in [2.24, 2.45) is 0 Å². The zero-order chi connectivity index (χ0) is 10.3. The highest BCUT2D eigenvalue weighted by Gasteiger charge is 2.34. The van der Waals surface area contributed by atoms with Crippen molar-refractivity contribution in [3.8, 4) is 0 Å². The second-order valence-corrected chi connectivity index (χ2v) is 3.12. The van der Waals surface area contributed by atoms with E-state index >= 15 is 0 Å². The molecule has 14 heavy (non-hydrogen) atoms. The average molecular weight is 221 g/mol. The van der Waals surface area contributed by atoms with Gasteiger partial charge in [-0.3, -0.25) is 0 Å². The monoisotopic (exact) mass is 220 g/mol. The molecule has 2 heterocycles. The minimum Gasteiger partial charge on any atom is -0.305 e. The van der Waals surface area contributed by atoms with Gasteiger partial charge in [-0.2, -0.15) is 13.2 Å². The smallest absolute Gasteiger partial charge is 0.305 e. The quantitative estimate of drug-likeness (QED) is 0.667. The maximum atomic E-state index is 12.2. The summed E-state index contributed by atoms with van der Waals surface area (Å²) in [6, 6.07) is 3.04. The highest BCUT2D eigenvalue weighted by atomic mass is 35.5. The number of imidazole rings is 1. The van der Waals surface area contributed by atoms with Crippen molar-refractivity contribution in [2.75, 3.05) is 0 Å². The van der Waals surface area contributed by atoms with E-state index < -0.39 is 11.9 Å². The van der Waals surface area contributed by atoms with Crippen molar-refractivity contribution in [1.82, 2.24) is 9.38 Å². The van der Waals surface area contributed by atoms with E-state index in [1.807, 2.05) is 0 Å². The van der Waals surface area contributed by atoms with Crippen molar-refractivity contribution >= 4 is 17.2 Å². The molecule has 0 bridgehead atoms. The molecule has 2 aromatic rings. The first kappa shape index (κ1) is 9.33. The number of aromatic nitrogens is 2. The highest BCUT2D eigenvalue weighted by Crippen LogP contribution is 2.29. The molecule has 2 rings (SSSR count). The van der Waals surface area contributed by atoms with E-state index in [1.54, 1.807) is 6.07 Å². The van der Waals surface area contributed by atoms with Gasteiger partial charge in [0.25, 0.3) is 0 Å². The maximum absolute atomic E-state index is 12.2. The Balaban J connectivity index is 2.69. The lowest BCUT2D eigenvalue weighted by Crippen LogP contribution is -2.04. The van der Waals surface area contributed by atoms with Crippen LogP contribution >= 0.6 is 11.6 Å². The molecule has 0 spiro atoms. The van der Waals surface area contributed by atoms with Gasteiger partial charge in [-0.05, 0) is 12.1 Å². The van der Waals surface area contributed by atoms with E-state index in [2.05, 4.69) is 4.98 Å². The van der Waals surface area contributed by atoms with Crippen LogP contribution in [0.5, 0.6) is 0 Å². The number of halogens is 4. The van der Waals surface area contributed by atoms with Gasteiger partial charge in [0, 0.05) is 12.4 Å². The summed E-state index contributed by atoms with van der Waals surface area (Å²) in [6.45, 7) is 0. The number of hydrogen-bond donors (Lipinski definition) is 0. The molecule has 0 aliphatic heterocycles. The van der Waals surface area contributed by atoms with E-state index in [4.69, 9.17) is 11.6 Å². The molecule has 0 aromatic carbocycles. The van der Waals surface area contributed by atoms with Crippen LogP contribution in [0.15, 0.2) is 24.5 Å². The van der Waals surface area contributed by atoms with Crippen molar-refractivity contribution in [3.63, 3.8) is 0 Å². The van der Waals surface area contributed by atoms with Gasteiger partial charge in [0.15, 0.2) is 11.3 Å². The fourth-order valence-corrected chi connectivity index (χ4v) is 1.33. The number of alkyl halides is 3. The lowest BCUT2D eigenvalue weighted by atomic mass is 10.5. The van der Waals surface area contributed by atoms with Crippen LogP contribution in [0.3, 0.4) is 0 Å². The van der Waals surface area contributed by atoms with E-state index in [9.17, 15) is 13.2 Å². The molecule has 6 heteroatoms. The minimum atomic E-state index is -4.44. The number of fused-ring (bicyclic) bond motifs is 1. The van der Waals surface area contributed by atoms with Crippen LogP contribution < -0.4 is 0 Å². The third-order valence-electron chi connectivity index (χ3n) is 1.73. The Labute approximate surface area is 81.9 Å². The Morgan fingerprint density at radius 3 is 2.64 bits per heavy atom. The van der Waals surface area contributed by atoms with Crippen LogP contribution in [0.1, 0.15) is 5.69 Å². The summed E-state index contributed by atoms with van der Waals surface area (Å²) in [5, 5.41) is 0.197. The second-order valence-electron chi connectivity index (χ2n) is 2.71. The van der Waals surface area contributed by atoms with Crippen LogP contribution in [0.25, 0.3) is 5.65 Å². The summed E-state index contributed by atoms with van der Waals surface area (Å²) >= 11 is 5.67. The number of hydrogen-bond acceptors (Lipinski definition) is 1. The Morgan fingerprint density at radius 2 is 2.07 bits per heavy atom. The highest BCUT2D eigenvalue weighted by molar-refractivity contribution is 6.33. The molecule has 2 aromatic heterocycles. The topological polar surface area (TPSA) is 17.3 Å². The summed E-state index contributed by atoms with van der Waals surface area (Å²) < 4.78 is 38.0. The van der Waals surface area contributed by atoms with Crippen LogP contribution in [0, 0.1) is 0 Å². The van der Waals surface area contributed by atoms with Crippen LogP contribution in [0.2, 0.25) is 5.02 Å². The van der Waals surface area contributed by atoms with Crippen molar-refractivity contribution in [2.45, 2.75) is 6.18 Å². The van der Waals surface area contributed by atoms with Gasteiger partial charge in [0.2, 0.25) is 0 Å². The van der Waals surface area contributed by atoms with Gasteiger partial charge in [0.05, 0.1) is 5.02 Å². The first-order valence-corrected chi connectivity index (χ1v) is 4.07. The first-order chi connectivity index (χ1) is 6.48. The predicted octanol–water partition coefficient (Wildman–Crippen LogP) is 3.01. The Hall–Kier alpha value is -1.23. The fourth-order valence-electron chi connectivity index (χ4n) is 1.12. The largest absolute Gasteiger partial charge is 0.434 e. The SMILES string of the molecule is FC(F)(F)c1cn2cccc(Cl)c2n1. The Kier molecular flexibility index (Phi) is 1.92. The average Bonchev–Trinajstić information content (AvgIpc) is 2.48. The van der Waals surface area contributed by atoms with Gasteiger partial charge in [0.1, 0.15) is 0 Å².